The number of likely N-dealkylation sites (tertiary alicyclic amines) is 1. The summed E-state index contributed by atoms with van der Waals surface area (Å²) in [6.07, 6.45) is 1.99. The van der Waals surface area contributed by atoms with Crippen LogP contribution in [0.5, 0.6) is 0 Å². The van der Waals surface area contributed by atoms with Crippen molar-refractivity contribution < 1.29 is 9.18 Å². The minimum Gasteiger partial charge on any atom is -0.355 e. The first-order valence-electron chi connectivity index (χ1n) is 8.72. The van der Waals surface area contributed by atoms with E-state index in [-0.39, 0.29) is 22.4 Å². The highest BCUT2D eigenvalue weighted by molar-refractivity contribution is 8.00. The Kier molecular flexibility index (Phi) is 7.11. The van der Waals surface area contributed by atoms with Crippen LogP contribution in [0.15, 0.2) is 24.3 Å². The number of piperidine rings is 1. The van der Waals surface area contributed by atoms with E-state index in [0.717, 1.165) is 50.3 Å². The van der Waals surface area contributed by atoms with Gasteiger partial charge >= 0.3 is 0 Å². The molecule has 0 bridgehead atoms. The van der Waals surface area contributed by atoms with E-state index in [1.807, 2.05) is 23.9 Å². The largest absolute Gasteiger partial charge is 0.355 e. The summed E-state index contributed by atoms with van der Waals surface area (Å²) >= 11 is 1.87. The van der Waals surface area contributed by atoms with Gasteiger partial charge in [0.25, 0.3) is 0 Å². The molecule has 1 aromatic rings. The fraction of sp³-hybridized carbons (Fsp3) is 0.632. The van der Waals surface area contributed by atoms with E-state index in [2.05, 4.69) is 31.0 Å². The van der Waals surface area contributed by atoms with E-state index in [1.54, 1.807) is 0 Å². The molecule has 0 aromatic heterocycles. The minimum absolute atomic E-state index is 0.0684. The van der Waals surface area contributed by atoms with E-state index < -0.39 is 0 Å². The predicted molar refractivity (Wildman–Crippen MR) is 99.6 cm³/mol. The minimum atomic E-state index is -0.206. The second kappa shape index (κ2) is 8.86. The molecule has 2 rings (SSSR count). The maximum atomic E-state index is 13.0. The molecule has 1 amide bonds. The molecule has 1 aromatic carbocycles. The first kappa shape index (κ1) is 19.3. The lowest BCUT2D eigenvalue weighted by atomic mass is 9.96. The summed E-state index contributed by atoms with van der Waals surface area (Å²) in [6, 6.07) is 6.64. The molecule has 0 aliphatic carbocycles. The van der Waals surface area contributed by atoms with Crippen molar-refractivity contribution in [2.24, 2.45) is 5.92 Å². The van der Waals surface area contributed by atoms with Crippen molar-refractivity contribution >= 4 is 17.7 Å². The molecule has 1 atom stereocenters. The lowest BCUT2D eigenvalue weighted by Gasteiger charge is -2.32. The van der Waals surface area contributed by atoms with Crippen LogP contribution in [-0.4, -0.2) is 40.9 Å². The molecule has 0 saturated carbocycles. The van der Waals surface area contributed by atoms with Crippen LogP contribution in [0.25, 0.3) is 0 Å². The molecule has 1 N–H and O–H groups in total. The van der Waals surface area contributed by atoms with Crippen LogP contribution in [0.3, 0.4) is 0 Å². The van der Waals surface area contributed by atoms with Gasteiger partial charge in [0, 0.05) is 30.1 Å². The van der Waals surface area contributed by atoms with Gasteiger partial charge in [-0.25, -0.2) is 4.39 Å². The van der Waals surface area contributed by atoms with Crippen LogP contribution < -0.4 is 5.32 Å². The average Bonchev–Trinajstić information content (AvgIpc) is 2.53. The number of thioether (sulfide) groups is 1. The van der Waals surface area contributed by atoms with Crippen molar-refractivity contribution in [3.63, 3.8) is 0 Å². The number of halogens is 1. The maximum Gasteiger partial charge on any atom is 0.224 e. The highest BCUT2D eigenvalue weighted by Gasteiger charge is 2.25. The molecular weight excluding hydrogens is 323 g/mol. The smallest absolute Gasteiger partial charge is 0.224 e. The topological polar surface area (TPSA) is 32.3 Å². The average molecular weight is 353 g/mol. The highest BCUT2D eigenvalue weighted by Crippen LogP contribution is 2.22. The zero-order valence-electron chi connectivity index (χ0n) is 15.0. The molecular formula is C19H29FN2OS. The van der Waals surface area contributed by atoms with Crippen LogP contribution in [0, 0.1) is 11.7 Å². The van der Waals surface area contributed by atoms with E-state index in [9.17, 15) is 9.18 Å². The standard InChI is InChI=1S/C19H29FN2OS/c1-19(2,3)24-12-10-21-18(23)16-5-4-11-22(14-16)13-15-6-8-17(20)9-7-15/h6-9,16H,4-5,10-14H2,1-3H3,(H,21,23)/t16-/m0/s1. The van der Waals surface area contributed by atoms with Crippen molar-refractivity contribution in [3.8, 4) is 0 Å². The number of benzene rings is 1. The Bertz CT molecular complexity index is 527. The Hall–Kier alpha value is -1.07. The first-order chi connectivity index (χ1) is 11.3. The Morgan fingerprint density at radius 3 is 2.71 bits per heavy atom. The number of hydrogen-bond donors (Lipinski definition) is 1. The van der Waals surface area contributed by atoms with Crippen LogP contribution >= 0.6 is 11.8 Å². The number of amides is 1. The molecule has 134 valence electrons. The second-order valence-corrected chi connectivity index (χ2v) is 9.37. The normalized spacial score (nSPS) is 19.2. The van der Waals surface area contributed by atoms with Crippen molar-refractivity contribution in [3.05, 3.63) is 35.6 Å². The molecule has 1 saturated heterocycles. The zero-order valence-corrected chi connectivity index (χ0v) is 15.8. The predicted octanol–water partition coefficient (Wildman–Crippen LogP) is 3.69. The quantitative estimate of drug-likeness (QED) is 0.793. The summed E-state index contributed by atoms with van der Waals surface area (Å²) in [5, 5.41) is 3.08. The third kappa shape index (κ3) is 6.81. The number of carbonyl (C=O) groups is 1. The summed E-state index contributed by atoms with van der Waals surface area (Å²) in [6.45, 7) is 9.87. The summed E-state index contributed by atoms with van der Waals surface area (Å²) in [5.74, 6) is 0.983. The molecule has 3 nitrogen and oxygen atoms in total. The van der Waals surface area contributed by atoms with E-state index in [0.29, 0.717) is 0 Å². The first-order valence-corrected chi connectivity index (χ1v) is 9.70. The molecule has 5 heteroatoms. The Morgan fingerprint density at radius 2 is 2.04 bits per heavy atom. The number of rotatable bonds is 6. The molecule has 1 aliphatic rings. The number of carbonyl (C=O) groups excluding carboxylic acids is 1. The van der Waals surface area contributed by atoms with Crippen LogP contribution in [0.2, 0.25) is 0 Å². The van der Waals surface area contributed by atoms with Crippen molar-refractivity contribution in [1.82, 2.24) is 10.2 Å². The van der Waals surface area contributed by atoms with Gasteiger partial charge < -0.3 is 5.32 Å². The van der Waals surface area contributed by atoms with Gasteiger partial charge in [-0.05, 0) is 37.1 Å². The zero-order chi connectivity index (χ0) is 17.6. The van der Waals surface area contributed by atoms with Crippen molar-refractivity contribution in [2.75, 3.05) is 25.4 Å². The Morgan fingerprint density at radius 1 is 1.33 bits per heavy atom. The van der Waals surface area contributed by atoms with Crippen molar-refractivity contribution in [1.29, 1.82) is 0 Å². The lowest BCUT2D eigenvalue weighted by molar-refractivity contribution is -0.126. The van der Waals surface area contributed by atoms with E-state index >= 15 is 0 Å². The summed E-state index contributed by atoms with van der Waals surface area (Å²) < 4.78 is 13.2. The van der Waals surface area contributed by atoms with Gasteiger partial charge in [0.2, 0.25) is 5.91 Å². The summed E-state index contributed by atoms with van der Waals surface area (Å²) in [7, 11) is 0. The number of hydrogen-bond acceptors (Lipinski definition) is 3. The molecule has 1 fully saturated rings. The Labute approximate surface area is 149 Å². The van der Waals surface area contributed by atoms with Crippen LogP contribution in [0.4, 0.5) is 4.39 Å². The molecule has 24 heavy (non-hydrogen) atoms. The molecule has 0 unspecified atom stereocenters. The summed E-state index contributed by atoms with van der Waals surface area (Å²) in [4.78, 5) is 14.7. The fourth-order valence-electron chi connectivity index (χ4n) is 2.94. The number of nitrogens with one attached hydrogen (secondary N) is 1. The molecule has 0 radical (unpaired) electrons. The monoisotopic (exact) mass is 352 g/mol. The third-order valence-corrected chi connectivity index (χ3v) is 5.41. The van der Waals surface area contributed by atoms with Gasteiger partial charge in [-0.3, -0.25) is 9.69 Å². The van der Waals surface area contributed by atoms with Crippen LogP contribution in [-0.2, 0) is 11.3 Å². The highest BCUT2D eigenvalue weighted by atomic mass is 32.2. The van der Waals surface area contributed by atoms with Gasteiger partial charge in [-0.1, -0.05) is 32.9 Å². The van der Waals surface area contributed by atoms with Crippen molar-refractivity contribution in [2.45, 2.75) is 44.9 Å². The van der Waals surface area contributed by atoms with E-state index in [1.165, 1.54) is 12.1 Å². The molecule has 1 aliphatic heterocycles. The second-order valence-electron chi connectivity index (χ2n) is 7.45. The van der Waals surface area contributed by atoms with E-state index in [4.69, 9.17) is 0 Å². The van der Waals surface area contributed by atoms with Crippen LogP contribution in [0.1, 0.15) is 39.2 Å². The van der Waals surface area contributed by atoms with Gasteiger partial charge in [0.1, 0.15) is 5.82 Å². The number of nitrogens with zero attached hydrogens (tertiary/aromatic N) is 1. The van der Waals surface area contributed by atoms with Gasteiger partial charge in [-0.2, -0.15) is 11.8 Å². The third-order valence-electron chi connectivity index (χ3n) is 4.13. The maximum absolute atomic E-state index is 13.0. The van der Waals surface area contributed by atoms with Gasteiger partial charge in [0.05, 0.1) is 5.92 Å². The SMILES string of the molecule is CC(C)(C)SCCNC(=O)[C@H]1CCCN(Cc2ccc(F)cc2)C1. The Balaban J connectivity index is 1.75. The molecule has 0 spiro atoms. The van der Waals surface area contributed by atoms with Gasteiger partial charge in [-0.15, -0.1) is 0 Å². The lowest BCUT2D eigenvalue weighted by Crippen LogP contribution is -2.43. The molecule has 1 heterocycles. The summed E-state index contributed by atoms with van der Waals surface area (Å²) in [5.41, 5.74) is 1.10. The fourth-order valence-corrected chi connectivity index (χ4v) is 3.75. The van der Waals surface area contributed by atoms with Gasteiger partial charge in [0.15, 0.2) is 0 Å².